The van der Waals surface area contributed by atoms with Gasteiger partial charge in [0.05, 0.1) is 29.4 Å². The summed E-state index contributed by atoms with van der Waals surface area (Å²) in [6.07, 6.45) is 10.5. The number of thiazole rings is 1. The molecule has 2 aliphatic rings. The molecular formula is C22H30N4OS. The molecule has 1 aliphatic carbocycles. The minimum Gasteiger partial charge on any atom is -0.333 e. The Morgan fingerprint density at radius 3 is 2.82 bits per heavy atom. The summed E-state index contributed by atoms with van der Waals surface area (Å²) in [6, 6.07) is 6.20. The number of nitrogens with zero attached hydrogens (tertiary/aromatic N) is 3. The zero-order valence-electron chi connectivity index (χ0n) is 16.5. The average molecular weight is 399 g/mol. The average Bonchev–Trinajstić information content (AvgIpc) is 3.34. The van der Waals surface area contributed by atoms with E-state index < -0.39 is 0 Å². The lowest BCUT2D eigenvalue weighted by Crippen LogP contribution is -2.41. The molecule has 0 spiro atoms. The first-order valence-corrected chi connectivity index (χ1v) is 11.5. The van der Waals surface area contributed by atoms with E-state index >= 15 is 0 Å². The maximum absolute atomic E-state index is 13.3. The van der Waals surface area contributed by atoms with E-state index in [2.05, 4.69) is 20.6 Å². The first kappa shape index (κ1) is 19.5. The summed E-state index contributed by atoms with van der Waals surface area (Å²) in [5, 5.41) is 6.78. The van der Waals surface area contributed by atoms with Gasteiger partial charge in [0, 0.05) is 23.5 Å². The van der Waals surface area contributed by atoms with Gasteiger partial charge in [-0.3, -0.25) is 9.78 Å². The van der Waals surface area contributed by atoms with Crippen LogP contribution in [0.5, 0.6) is 0 Å². The van der Waals surface area contributed by atoms with Crippen molar-refractivity contribution in [2.75, 3.05) is 13.1 Å². The molecule has 1 amide bonds. The smallest absolute Gasteiger partial charge is 0.229 e. The van der Waals surface area contributed by atoms with Crippen molar-refractivity contribution >= 4 is 17.2 Å². The Kier molecular flexibility index (Phi) is 6.70. The van der Waals surface area contributed by atoms with E-state index in [0.717, 1.165) is 43.7 Å². The highest BCUT2D eigenvalue weighted by Crippen LogP contribution is 2.35. The van der Waals surface area contributed by atoms with Gasteiger partial charge in [-0.1, -0.05) is 18.9 Å². The molecule has 1 unspecified atom stereocenters. The van der Waals surface area contributed by atoms with Gasteiger partial charge in [0.1, 0.15) is 0 Å². The van der Waals surface area contributed by atoms with Crippen LogP contribution in [0.25, 0.3) is 0 Å². The Morgan fingerprint density at radius 1 is 1.11 bits per heavy atom. The van der Waals surface area contributed by atoms with Crippen molar-refractivity contribution in [3.05, 3.63) is 46.2 Å². The highest BCUT2D eigenvalue weighted by atomic mass is 32.1. The van der Waals surface area contributed by atoms with Crippen LogP contribution >= 0.6 is 11.3 Å². The molecule has 3 heterocycles. The van der Waals surface area contributed by atoms with Gasteiger partial charge in [-0.25, -0.2) is 4.98 Å². The molecule has 0 aromatic carbocycles. The molecular weight excluding hydrogens is 368 g/mol. The van der Waals surface area contributed by atoms with Crippen LogP contribution in [-0.2, 0) is 17.8 Å². The van der Waals surface area contributed by atoms with Gasteiger partial charge in [-0.2, -0.15) is 0 Å². The van der Waals surface area contributed by atoms with E-state index in [9.17, 15) is 4.79 Å². The van der Waals surface area contributed by atoms with Crippen LogP contribution in [0.1, 0.15) is 67.3 Å². The van der Waals surface area contributed by atoms with Gasteiger partial charge in [0.2, 0.25) is 5.91 Å². The molecule has 2 aromatic heterocycles. The summed E-state index contributed by atoms with van der Waals surface area (Å²) in [6.45, 7) is 2.60. The molecule has 5 nitrogen and oxygen atoms in total. The molecule has 1 saturated carbocycles. The number of carbonyl (C=O) groups is 1. The Balaban J connectivity index is 1.47. The standard InChI is InChI=1S/C22H30N4OS/c27-21(14-19-16-28-22(25-19)17-6-1-2-7-17)26(15-18-8-3-4-12-24-18)20-9-5-11-23-13-10-20/h3-4,8,12,16-17,20,23H,1-2,5-7,9-11,13-15H2. The highest BCUT2D eigenvalue weighted by Gasteiger charge is 2.26. The first-order valence-electron chi connectivity index (χ1n) is 10.6. The molecule has 28 heavy (non-hydrogen) atoms. The summed E-state index contributed by atoms with van der Waals surface area (Å²) in [5.41, 5.74) is 1.90. The molecule has 2 aromatic rings. The molecule has 6 heteroatoms. The lowest BCUT2D eigenvalue weighted by molar-refractivity contribution is -0.133. The van der Waals surface area contributed by atoms with Crippen molar-refractivity contribution in [2.45, 2.75) is 69.9 Å². The highest BCUT2D eigenvalue weighted by molar-refractivity contribution is 7.09. The van der Waals surface area contributed by atoms with Gasteiger partial charge >= 0.3 is 0 Å². The van der Waals surface area contributed by atoms with Gasteiger partial charge in [0.25, 0.3) is 0 Å². The van der Waals surface area contributed by atoms with Crippen molar-refractivity contribution in [1.29, 1.82) is 0 Å². The van der Waals surface area contributed by atoms with Crippen LogP contribution in [0, 0.1) is 0 Å². The van der Waals surface area contributed by atoms with E-state index in [4.69, 9.17) is 4.98 Å². The second-order valence-corrected chi connectivity index (χ2v) is 8.90. The lowest BCUT2D eigenvalue weighted by Gasteiger charge is -2.31. The van der Waals surface area contributed by atoms with Crippen LogP contribution in [0.4, 0.5) is 0 Å². The molecule has 1 atom stereocenters. The van der Waals surface area contributed by atoms with Crippen molar-refractivity contribution in [1.82, 2.24) is 20.2 Å². The van der Waals surface area contributed by atoms with Gasteiger partial charge in [-0.15, -0.1) is 11.3 Å². The predicted molar refractivity (Wildman–Crippen MR) is 112 cm³/mol. The normalized spacial score (nSPS) is 20.8. The summed E-state index contributed by atoms with van der Waals surface area (Å²) < 4.78 is 0. The molecule has 150 valence electrons. The molecule has 4 rings (SSSR count). The van der Waals surface area contributed by atoms with Crippen molar-refractivity contribution in [3.63, 3.8) is 0 Å². The molecule has 1 N–H and O–H groups in total. The predicted octanol–water partition coefficient (Wildman–Crippen LogP) is 3.91. The monoisotopic (exact) mass is 398 g/mol. The summed E-state index contributed by atoms with van der Waals surface area (Å²) in [4.78, 5) is 24.6. The number of pyridine rings is 1. The van der Waals surface area contributed by atoms with Gasteiger partial charge in [-0.05, 0) is 57.3 Å². The fourth-order valence-corrected chi connectivity index (χ4v) is 5.41. The zero-order chi connectivity index (χ0) is 19.2. The quantitative estimate of drug-likeness (QED) is 0.801. The Labute approximate surface area is 171 Å². The van der Waals surface area contributed by atoms with E-state index in [1.807, 2.05) is 18.2 Å². The molecule has 1 aliphatic heterocycles. The van der Waals surface area contributed by atoms with Crippen LogP contribution in [0.2, 0.25) is 0 Å². The van der Waals surface area contributed by atoms with E-state index in [-0.39, 0.29) is 11.9 Å². The van der Waals surface area contributed by atoms with E-state index in [0.29, 0.717) is 18.9 Å². The third-order valence-corrected chi connectivity index (χ3v) is 7.03. The number of hydrogen-bond donors (Lipinski definition) is 1. The molecule has 2 fully saturated rings. The molecule has 0 bridgehead atoms. The van der Waals surface area contributed by atoms with Gasteiger partial charge < -0.3 is 10.2 Å². The number of nitrogens with one attached hydrogen (secondary N) is 1. The number of carbonyl (C=O) groups excluding carboxylic acids is 1. The van der Waals surface area contributed by atoms with Crippen LogP contribution in [-0.4, -0.2) is 39.9 Å². The maximum Gasteiger partial charge on any atom is 0.229 e. The second kappa shape index (κ2) is 9.61. The fraction of sp³-hybridized carbons (Fsp3) is 0.591. The SMILES string of the molecule is O=C(Cc1csc(C2CCCC2)n1)N(Cc1ccccn1)C1CCCNCC1. The second-order valence-electron chi connectivity index (χ2n) is 8.01. The third-order valence-electron chi connectivity index (χ3n) is 5.97. The van der Waals surface area contributed by atoms with Crippen molar-refractivity contribution < 1.29 is 4.79 Å². The Hall–Kier alpha value is -1.79. The molecule has 1 saturated heterocycles. The fourth-order valence-electron chi connectivity index (χ4n) is 4.42. The summed E-state index contributed by atoms with van der Waals surface area (Å²) >= 11 is 1.74. The van der Waals surface area contributed by atoms with Crippen LogP contribution in [0.3, 0.4) is 0 Å². The maximum atomic E-state index is 13.3. The first-order chi connectivity index (χ1) is 13.8. The van der Waals surface area contributed by atoms with Crippen LogP contribution < -0.4 is 5.32 Å². The summed E-state index contributed by atoms with van der Waals surface area (Å²) in [5.74, 6) is 0.798. The Morgan fingerprint density at radius 2 is 2.00 bits per heavy atom. The zero-order valence-corrected chi connectivity index (χ0v) is 17.3. The molecule has 0 radical (unpaired) electrons. The number of hydrogen-bond acceptors (Lipinski definition) is 5. The summed E-state index contributed by atoms with van der Waals surface area (Å²) in [7, 11) is 0. The van der Waals surface area contributed by atoms with Crippen LogP contribution in [0.15, 0.2) is 29.8 Å². The topological polar surface area (TPSA) is 58.1 Å². The van der Waals surface area contributed by atoms with E-state index in [1.165, 1.54) is 30.7 Å². The number of amides is 1. The van der Waals surface area contributed by atoms with Crippen molar-refractivity contribution in [2.24, 2.45) is 0 Å². The van der Waals surface area contributed by atoms with Gasteiger partial charge in [0.15, 0.2) is 0 Å². The third kappa shape index (κ3) is 4.97. The largest absolute Gasteiger partial charge is 0.333 e. The van der Waals surface area contributed by atoms with E-state index in [1.54, 1.807) is 17.5 Å². The number of rotatable bonds is 6. The van der Waals surface area contributed by atoms with Crippen molar-refractivity contribution in [3.8, 4) is 0 Å². The number of aromatic nitrogens is 2. The minimum absolute atomic E-state index is 0.181. The minimum atomic E-state index is 0.181. The Bertz CT molecular complexity index is 749. The lowest BCUT2D eigenvalue weighted by atomic mass is 10.1.